The van der Waals surface area contributed by atoms with Crippen LogP contribution in [0.4, 0.5) is 0 Å². The van der Waals surface area contributed by atoms with Crippen LogP contribution in [0.15, 0.2) is 84.8 Å². The molecule has 0 aliphatic carbocycles. The van der Waals surface area contributed by atoms with E-state index < -0.39 is 0 Å². The van der Waals surface area contributed by atoms with Gasteiger partial charge in [0.2, 0.25) is 5.91 Å². The SMILES string of the molecule is C=CCN(CC(=O)N(Cc1ccccc1)Cc1cccs1)C(=O)c1ccc(CCCCCC)cc1. The molecule has 3 aromatic rings. The lowest BCUT2D eigenvalue weighted by atomic mass is 10.0. The number of unbranched alkanes of at least 4 members (excludes halogenated alkanes) is 3. The maximum Gasteiger partial charge on any atom is 0.254 e. The van der Waals surface area contributed by atoms with Gasteiger partial charge in [0, 0.05) is 23.5 Å². The number of thiophene rings is 1. The Morgan fingerprint density at radius 3 is 2.29 bits per heavy atom. The van der Waals surface area contributed by atoms with Crippen LogP contribution in [0.3, 0.4) is 0 Å². The summed E-state index contributed by atoms with van der Waals surface area (Å²) in [5, 5.41) is 2.02. The fraction of sp³-hybridized carbons (Fsp3) is 0.333. The lowest BCUT2D eigenvalue weighted by molar-refractivity contribution is -0.133. The summed E-state index contributed by atoms with van der Waals surface area (Å²) in [4.78, 5) is 31.2. The first-order valence-corrected chi connectivity index (χ1v) is 13.3. The fourth-order valence-corrected chi connectivity index (χ4v) is 4.74. The van der Waals surface area contributed by atoms with Gasteiger partial charge in [0.05, 0.1) is 6.54 Å². The van der Waals surface area contributed by atoms with E-state index in [0.717, 1.165) is 16.9 Å². The predicted molar refractivity (Wildman–Crippen MR) is 145 cm³/mol. The number of benzene rings is 2. The van der Waals surface area contributed by atoms with Gasteiger partial charge in [-0.2, -0.15) is 0 Å². The van der Waals surface area contributed by atoms with Crippen molar-refractivity contribution in [2.24, 2.45) is 0 Å². The number of hydrogen-bond donors (Lipinski definition) is 0. The molecule has 5 heteroatoms. The summed E-state index contributed by atoms with van der Waals surface area (Å²) in [6.45, 7) is 7.37. The summed E-state index contributed by atoms with van der Waals surface area (Å²) in [6, 6.07) is 21.8. The zero-order valence-electron chi connectivity index (χ0n) is 20.7. The molecular weight excluding hydrogens is 452 g/mol. The molecule has 3 rings (SSSR count). The van der Waals surface area contributed by atoms with Gasteiger partial charge in [0.15, 0.2) is 0 Å². The van der Waals surface area contributed by atoms with Gasteiger partial charge in [-0.05, 0) is 47.5 Å². The van der Waals surface area contributed by atoms with E-state index in [2.05, 4.69) is 13.5 Å². The largest absolute Gasteiger partial charge is 0.332 e. The molecule has 0 unspecified atom stereocenters. The minimum absolute atomic E-state index is 0.0157. The Kier molecular flexibility index (Phi) is 10.8. The number of carbonyl (C=O) groups excluding carboxylic acids is 2. The Labute approximate surface area is 213 Å². The second-order valence-corrected chi connectivity index (χ2v) is 9.83. The van der Waals surface area contributed by atoms with E-state index in [1.807, 2.05) is 77.0 Å². The van der Waals surface area contributed by atoms with Crippen molar-refractivity contribution < 1.29 is 9.59 Å². The molecule has 35 heavy (non-hydrogen) atoms. The van der Waals surface area contributed by atoms with Crippen LogP contribution in [0.1, 0.15) is 59.0 Å². The summed E-state index contributed by atoms with van der Waals surface area (Å²) in [5.41, 5.74) is 2.91. The molecule has 0 aliphatic rings. The Hall–Kier alpha value is -3.18. The van der Waals surface area contributed by atoms with E-state index in [1.54, 1.807) is 22.3 Å². The molecule has 0 radical (unpaired) electrons. The van der Waals surface area contributed by atoms with Gasteiger partial charge in [-0.1, -0.05) is 80.8 Å². The molecule has 0 aliphatic heterocycles. The van der Waals surface area contributed by atoms with E-state index in [0.29, 0.717) is 25.2 Å². The van der Waals surface area contributed by atoms with Crippen LogP contribution in [-0.4, -0.2) is 34.7 Å². The first-order valence-electron chi connectivity index (χ1n) is 12.4. The van der Waals surface area contributed by atoms with Crippen molar-refractivity contribution in [2.45, 2.75) is 52.1 Å². The molecule has 0 N–H and O–H groups in total. The number of aryl methyl sites for hydroxylation is 1. The highest BCUT2D eigenvalue weighted by atomic mass is 32.1. The highest BCUT2D eigenvalue weighted by Crippen LogP contribution is 2.16. The molecule has 1 heterocycles. The highest BCUT2D eigenvalue weighted by molar-refractivity contribution is 7.09. The lowest BCUT2D eigenvalue weighted by Crippen LogP contribution is -2.42. The minimum atomic E-state index is -0.147. The molecule has 0 bridgehead atoms. The molecule has 2 aromatic carbocycles. The molecule has 2 amide bonds. The standard InChI is InChI=1S/C30H36N2O2S/c1-3-5-6-8-12-25-16-18-27(19-17-25)30(34)31(20-4-2)24-29(33)32(23-28-15-11-21-35-28)22-26-13-9-7-10-14-26/h4,7,9-11,13-19,21H,2-3,5-6,8,12,20,22-24H2,1H3. The summed E-state index contributed by atoms with van der Waals surface area (Å²) >= 11 is 1.63. The van der Waals surface area contributed by atoms with Crippen LogP contribution < -0.4 is 0 Å². The van der Waals surface area contributed by atoms with E-state index in [-0.39, 0.29) is 18.4 Å². The smallest absolute Gasteiger partial charge is 0.254 e. The second kappa shape index (κ2) is 14.3. The number of nitrogens with zero attached hydrogens (tertiary/aromatic N) is 2. The second-order valence-electron chi connectivity index (χ2n) is 8.80. The van der Waals surface area contributed by atoms with Gasteiger partial charge in [-0.15, -0.1) is 17.9 Å². The summed E-state index contributed by atoms with van der Waals surface area (Å²) in [7, 11) is 0. The van der Waals surface area contributed by atoms with Crippen molar-refractivity contribution in [3.8, 4) is 0 Å². The molecular formula is C30H36N2O2S. The molecule has 0 saturated carbocycles. The average molecular weight is 489 g/mol. The quantitative estimate of drug-likeness (QED) is 0.186. The third-order valence-electron chi connectivity index (χ3n) is 5.98. The van der Waals surface area contributed by atoms with Crippen molar-refractivity contribution in [1.82, 2.24) is 9.80 Å². The Balaban J connectivity index is 1.68. The van der Waals surface area contributed by atoms with Crippen molar-refractivity contribution in [2.75, 3.05) is 13.1 Å². The van der Waals surface area contributed by atoms with Gasteiger partial charge in [-0.3, -0.25) is 9.59 Å². The summed E-state index contributed by atoms with van der Waals surface area (Å²) in [6.07, 6.45) is 7.59. The molecule has 184 valence electrons. The van der Waals surface area contributed by atoms with Crippen LogP contribution in [0.2, 0.25) is 0 Å². The average Bonchev–Trinajstić information content (AvgIpc) is 3.40. The van der Waals surface area contributed by atoms with Gasteiger partial charge >= 0.3 is 0 Å². The predicted octanol–water partition coefficient (Wildman–Crippen LogP) is 6.73. The molecule has 0 saturated heterocycles. The van der Waals surface area contributed by atoms with Crippen molar-refractivity contribution >= 4 is 23.2 Å². The molecule has 1 aromatic heterocycles. The number of carbonyl (C=O) groups is 2. The van der Waals surface area contributed by atoms with Crippen LogP contribution >= 0.6 is 11.3 Å². The topological polar surface area (TPSA) is 40.6 Å². The molecule has 0 spiro atoms. The normalized spacial score (nSPS) is 10.7. The lowest BCUT2D eigenvalue weighted by Gasteiger charge is -2.27. The van der Waals surface area contributed by atoms with Crippen molar-refractivity contribution in [3.63, 3.8) is 0 Å². The zero-order valence-corrected chi connectivity index (χ0v) is 21.5. The molecule has 0 fully saturated rings. The first kappa shape index (κ1) is 26.4. The van der Waals surface area contributed by atoms with Crippen LogP contribution in [0.5, 0.6) is 0 Å². The summed E-state index contributed by atoms with van der Waals surface area (Å²) in [5.74, 6) is -0.225. The van der Waals surface area contributed by atoms with Gasteiger partial charge < -0.3 is 9.80 Å². The Bertz CT molecular complexity index is 1050. The van der Waals surface area contributed by atoms with Crippen LogP contribution in [-0.2, 0) is 24.3 Å². The first-order chi connectivity index (χ1) is 17.1. The maximum absolute atomic E-state index is 13.4. The van der Waals surface area contributed by atoms with Crippen molar-refractivity contribution in [3.05, 3.63) is 106 Å². The third-order valence-corrected chi connectivity index (χ3v) is 6.84. The van der Waals surface area contributed by atoms with Gasteiger partial charge in [0.1, 0.15) is 6.54 Å². The highest BCUT2D eigenvalue weighted by Gasteiger charge is 2.22. The van der Waals surface area contributed by atoms with Gasteiger partial charge in [0.25, 0.3) is 5.91 Å². The van der Waals surface area contributed by atoms with E-state index in [9.17, 15) is 9.59 Å². The van der Waals surface area contributed by atoms with E-state index in [4.69, 9.17) is 0 Å². The number of rotatable bonds is 14. The molecule has 0 atom stereocenters. The number of hydrogen-bond acceptors (Lipinski definition) is 3. The van der Waals surface area contributed by atoms with Crippen LogP contribution in [0.25, 0.3) is 0 Å². The number of amides is 2. The molecule has 4 nitrogen and oxygen atoms in total. The minimum Gasteiger partial charge on any atom is -0.332 e. The van der Waals surface area contributed by atoms with Crippen LogP contribution in [0, 0.1) is 0 Å². The fourth-order valence-electron chi connectivity index (χ4n) is 4.02. The van der Waals surface area contributed by atoms with Gasteiger partial charge in [-0.25, -0.2) is 0 Å². The van der Waals surface area contributed by atoms with E-state index >= 15 is 0 Å². The Morgan fingerprint density at radius 1 is 0.857 bits per heavy atom. The summed E-state index contributed by atoms with van der Waals surface area (Å²) < 4.78 is 0. The van der Waals surface area contributed by atoms with E-state index in [1.165, 1.54) is 31.2 Å². The third kappa shape index (κ3) is 8.52. The van der Waals surface area contributed by atoms with Crippen molar-refractivity contribution in [1.29, 1.82) is 0 Å². The Morgan fingerprint density at radius 2 is 1.63 bits per heavy atom. The zero-order chi connectivity index (χ0) is 24.9. The monoisotopic (exact) mass is 488 g/mol. The maximum atomic E-state index is 13.4.